The summed E-state index contributed by atoms with van der Waals surface area (Å²) in [6.07, 6.45) is 5.16. The second-order valence-corrected chi connectivity index (χ2v) is 6.80. The van der Waals surface area contributed by atoms with Gasteiger partial charge in [-0.05, 0) is 42.9 Å². The lowest BCUT2D eigenvalue weighted by Crippen LogP contribution is -2.39. The molecule has 0 amide bonds. The normalized spacial score (nSPS) is 21.5. The van der Waals surface area contributed by atoms with E-state index in [1.807, 2.05) is 0 Å². The molecule has 0 heterocycles. The van der Waals surface area contributed by atoms with Gasteiger partial charge in [-0.3, -0.25) is 4.90 Å². The summed E-state index contributed by atoms with van der Waals surface area (Å²) >= 11 is 0. The molecule has 2 N–H and O–H groups in total. The Balaban J connectivity index is 1.75. The zero-order chi connectivity index (χ0) is 15.9. The van der Waals surface area contributed by atoms with Gasteiger partial charge in [0.15, 0.2) is 0 Å². The van der Waals surface area contributed by atoms with Gasteiger partial charge in [0.25, 0.3) is 0 Å². The zero-order valence-corrected chi connectivity index (χ0v) is 13.9. The quantitative estimate of drug-likeness (QED) is 0.866. The number of nitrogens with two attached hydrogens (primary N) is 1. The highest BCUT2D eigenvalue weighted by Gasteiger charge is 2.26. The van der Waals surface area contributed by atoms with Crippen LogP contribution in [-0.2, 0) is 13.1 Å². The third-order valence-electron chi connectivity index (χ3n) is 5.06. The predicted octanol–water partition coefficient (Wildman–Crippen LogP) is 4.21. The van der Waals surface area contributed by atoms with Crippen molar-refractivity contribution in [2.45, 2.75) is 44.8 Å². The minimum atomic E-state index is 0.651. The topological polar surface area (TPSA) is 29.3 Å². The van der Waals surface area contributed by atoms with Crippen LogP contribution >= 0.6 is 0 Å². The molecule has 23 heavy (non-hydrogen) atoms. The molecule has 0 aliphatic heterocycles. The minimum absolute atomic E-state index is 0.651. The van der Waals surface area contributed by atoms with Crippen molar-refractivity contribution in [3.05, 3.63) is 71.8 Å². The molecule has 2 aromatic carbocycles. The molecule has 2 nitrogen and oxygen atoms in total. The van der Waals surface area contributed by atoms with Gasteiger partial charge in [0, 0.05) is 19.1 Å². The van der Waals surface area contributed by atoms with Crippen molar-refractivity contribution in [3.8, 4) is 0 Å². The molecule has 2 heteroatoms. The maximum Gasteiger partial charge on any atom is 0.0240 e. The van der Waals surface area contributed by atoms with E-state index in [1.165, 1.54) is 36.8 Å². The van der Waals surface area contributed by atoms with Gasteiger partial charge in [0.2, 0.25) is 0 Å². The van der Waals surface area contributed by atoms with Crippen LogP contribution in [0.1, 0.15) is 36.8 Å². The van der Waals surface area contributed by atoms with Crippen LogP contribution in [0.25, 0.3) is 0 Å². The van der Waals surface area contributed by atoms with E-state index in [0.717, 1.165) is 19.6 Å². The van der Waals surface area contributed by atoms with Gasteiger partial charge in [-0.2, -0.15) is 0 Å². The van der Waals surface area contributed by atoms with Crippen molar-refractivity contribution in [2.75, 3.05) is 6.54 Å². The molecule has 0 bridgehead atoms. The van der Waals surface area contributed by atoms with Gasteiger partial charge in [0.05, 0.1) is 0 Å². The molecule has 1 fully saturated rings. The first-order valence-electron chi connectivity index (χ1n) is 8.87. The molecule has 1 aliphatic carbocycles. The van der Waals surface area contributed by atoms with Crippen LogP contribution in [0.3, 0.4) is 0 Å². The van der Waals surface area contributed by atoms with Crippen LogP contribution in [0.15, 0.2) is 60.7 Å². The number of rotatable bonds is 6. The lowest BCUT2D eigenvalue weighted by molar-refractivity contribution is 0.117. The molecule has 0 saturated heterocycles. The molecule has 1 saturated carbocycles. The Morgan fingerprint density at radius 3 is 1.91 bits per heavy atom. The van der Waals surface area contributed by atoms with Gasteiger partial charge in [-0.25, -0.2) is 0 Å². The van der Waals surface area contributed by atoms with Crippen molar-refractivity contribution in [3.63, 3.8) is 0 Å². The van der Waals surface area contributed by atoms with Gasteiger partial charge >= 0.3 is 0 Å². The fourth-order valence-electron chi connectivity index (χ4n) is 3.76. The average molecular weight is 308 g/mol. The Bertz CT molecular complexity index is 525. The van der Waals surface area contributed by atoms with Crippen LogP contribution in [0.2, 0.25) is 0 Å². The van der Waals surface area contributed by atoms with Gasteiger partial charge in [-0.15, -0.1) is 0 Å². The van der Waals surface area contributed by atoms with Crippen molar-refractivity contribution in [1.29, 1.82) is 0 Å². The lowest BCUT2D eigenvalue weighted by Gasteiger charge is -2.37. The molecule has 1 aliphatic rings. The molecular formula is C21H28N2. The molecule has 122 valence electrons. The summed E-state index contributed by atoms with van der Waals surface area (Å²) in [6.45, 7) is 2.89. The number of benzene rings is 2. The lowest BCUT2D eigenvalue weighted by atomic mass is 9.84. The van der Waals surface area contributed by atoms with E-state index in [1.54, 1.807) is 0 Å². The first kappa shape index (κ1) is 16.2. The molecule has 2 aromatic rings. The summed E-state index contributed by atoms with van der Waals surface area (Å²) in [5, 5.41) is 0. The van der Waals surface area contributed by atoms with Crippen LogP contribution in [-0.4, -0.2) is 17.5 Å². The Morgan fingerprint density at radius 1 is 0.826 bits per heavy atom. The maximum atomic E-state index is 5.95. The third kappa shape index (κ3) is 4.66. The summed E-state index contributed by atoms with van der Waals surface area (Å²) in [4.78, 5) is 2.66. The monoisotopic (exact) mass is 308 g/mol. The van der Waals surface area contributed by atoms with E-state index in [4.69, 9.17) is 5.73 Å². The van der Waals surface area contributed by atoms with E-state index in [-0.39, 0.29) is 0 Å². The zero-order valence-electron chi connectivity index (χ0n) is 13.9. The predicted molar refractivity (Wildman–Crippen MR) is 96.9 cm³/mol. The van der Waals surface area contributed by atoms with Gasteiger partial charge in [-0.1, -0.05) is 67.1 Å². The average Bonchev–Trinajstić information content (AvgIpc) is 2.63. The first-order valence-corrected chi connectivity index (χ1v) is 8.87. The highest BCUT2D eigenvalue weighted by molar-refractivity contribution is 5.17. The SMILES string of the molecule is NC[C@@H]1CCC[C@@H](N(Cc2ccccc2)Cc2ccccc2)C1. The Morgan fingerprint density at radius 2 is 1.39 bits per heavy atom. The third-order valence-corrected chi connectivity index (χ3v) is 5.06. The van der Waals surface area contributed by atoms with Crippen molar-refractivity contribution < 1.29 is 0 Å². The van der Waals surface area contributed by atoms with E-state index < -0.39 is 0 Å². The summed E-state index contributed by atoms with van der Waals surface area (Å²) in [5.74, 6) is 0.697. The van der Waals surface area contributed by atoms with Crippen molar-refractivity contribution in [1.82, 2.24) is 4.90 Å². The molecule has 2 atom stereocenters. The van der Waals surface area contributed by atoms with Crippen molar-refractivity contribution in [2.24, 2.45) is 11.7 Å². The summed E-state index contributed by atoms with van der Waals surface area (Å²) in [6, 6.07) is 22.3. The number of nitrogens with zero attached hydrogens (tertiary/aromatic N) is 1. The summed E-state index contributed by atoms with van der Waals surface area (Å²) < 4.78 is 0. The molecule has 0 unspecified atom stereocenters. The fourth-order valence-corrected chi connectivity index (χ4v) is 3.76. The summed E-state index contributed by atoms with van der Waals surface area (Å²) in [5.41, 5.74) is 8.75. The van der Waals surface area contributed by atoms with Crippen LogP contribution in [0.5, 0.6) is 0 Å². The molecule has 3 rings (SSSR count). The highest BCUT2D eigenvalue weighted by atomic mass is 15.2. The minimum Gasteiger partial charge on any atom is -0.330 e. The summed E-state index contributed by atoms with van der Waals surface area (Å²) in [7, 11) is 0. The molecular weight excluding hydrogens is 280 g/mol. The number of hydrogen-bond acceptors (Lipinski definition) is 2. The van der Waals surface area contributed by atoms with E-state index >= 15 is 0 Å². The molecule has 0 spiro atoms. The van der Waals surface area contributed by atoms with E-state index in [9.17, 15) is 0 Å². The first-order chi connectivity index (χ1) is 11.3. The maximum absolute atomic E-state index is 5.95. The van der Waals surface area contributed by atoms with Gasteiger partial charge in [0.1, 0.15) is 0 Å². The molecule has 0 aromatic heterocycles. The highest BCUT2D eigenvalue weighted by Crippen LogP contribution is 2.29. The van der Waals surface area contributed by atoms with E-state index in [2.05, 4.69) is 65.6 Å². The largest absolute Gasteiger partial charge is 0.330 e. The fraction of sp³-hybridized carbons (Fsp3) is 0.429. The second-order valence-electron chi connectivity index (χ2n) is 6.80. The van der Waals surface area contributed by atoms with Crippen LogP contribution < -0.4 is 5.73 Å². The second kappa shape index (κ2) is 8.28. The molecule has 0 radical (unpaired) electrons. The standard InChI is InChI=1S/C21H28N2/c22-15-20-12-7-13-21(14-20)23(16-18-8-3-1-4-9-18)17-19-10-5-2-6-11-19/h1-6,8-11,20-21H,7,12-17,22H2/t20-,21-/m1/s1. The van der Waals surface area contributed by atoms with E-state index in [0.29, 0.717) is 12.0 Å². The van der Waals surface area contributed by atoms with Gasteiger partial charge < -0.3 is 5.73 Å². The van der Waals surface area contributed by atoms with Crippen LogP contribution in [0, 0.1) is 5.92 Å². The Hall–Kier alpha value is -1.64. The van der Waals surface area contributed by atoms with Crippen molar-refractivity contribution >= 4 is 0 Å². The smallest absolute Gasteiger partial charge is 0.0240 e. The number of hydrogen-bond donors (Lipinski definition) is 1. The van der Waals surface area contributed by atoms with Crippen LogP contribution in [0.4, 0.5) is 0 Å². The Labute approximate surface area is 140 Å². The Kier molecular flexibility index (Phi) is 5.84.